The first-order valence-electron chi connectivity index (χ1n) is 3.07. The van der Waals surface area contributed by atoms with Crippen molar-refractivity contribution >= 4 is 12.4 Å². The van der Waals surface area contributed by atoms with Crippen LogP contribution < -0.4 is 0 Å². The van der Waals surface area contributed by atoms with Gasteiger partial charge in [0.05, 0.1) is 6.61 Å². The molecular formula is C6H16ClNO2. The van der Waals surface area contributed by atoms with Crippen molar-refractivity contribution in [1.29, 1.82) is 0 Å². The molecule has 0 aliphatic rings. The van der Waals surface area contributed by atoms with Gasteiger partial charge in [-0.3, -0.25) is 0 Å². The Morgan fingerprint density at radius 2 is 2.00 bits per heavy atom. The molecule has 0 bridgehead atoms. The third kappa shape index (κ3) is 11.0. The smallest absolute Gasteiger partial charge is 0.151 e. The van der Waals surface area contributed by atoms with Crippen LogP contribution in [0.5, 0.6) is 0 Å². The Kier molecular flexibility index (Phi) is 9.33. The van der Waals surface area contributed by atoms with Gasteiger partial charge in [0.15, 0.2) is 6.29 Å². The van der Waals surface area contributed by atoms with E-state index in [1.165, 1.54) is 0 Å². The van der Waals surface area contributed by atoms with E-state index >= 15 is 0 Å². The number of hydrogen-bond acceptors (Lipinski definition) is 3. The normalized spacial score (nSPS) is 12.9. The van der Waals surface area contributed by atoms with Crippen LogP contribution >= 0.6 is 12.4 Å². The molecule has 0 saturated carbocycles. The number of ether oxygens (including phenoxy) is 1. The summed E-state index contributed by atoms with van der Waals surface area (Å²) in [6.45, 7) is 3.05. The molecule has 4 heteroatoms. The van der Waals surface area contributed by atoms with Gasteiger partial charge in [0.1, 0.15) is 0 Å². The molecule has 0 aromatic heterocycles. The standard InChI is InChI=1S/C6H15NO2.ClH/c1-6(8)9-5-4-7(2)3;/h6,8H,4-5H2,1-3H3;1H. The van der Waals surface area contributed by atoms with Crippen molar-refractivity contribution in [2.45, 2.75) is 13.2 Å². The predicted octanol–water partition coefficient (Wildman–Crippen LogP) is 0.325. The molecular weight excluding hydrogens is 154 g/mol. The van der Waals surface area contributed by atoms with Gasteiger partial charge in [-0.25, -0.2) is 0 Å². The molecule has 10 heavy (non-hydrogen) atoms. The molecule has 1 unspecified atom stereocenters. The van der Waals surface area contributed by atoms with E-state index in [0.29, 0.717) is 6.61 Å². The van der Waals surface area contributed by atoms with Crippen LogP contribution in [0, 0.1) is 0 Å². The molecule has 0 heterocycles. The molecule has 0 aromatic rings. The van der Waals surface area contributed by atoms with Crippen molar-refractivity contribution in [3.05, 3.63) is 0 Å². The molecule has 1 atom stereocenters. The Morgan fingerprint density at radius 3 is 2.30 bits per heavy atom. The first-order chi connectivity index (χ1) is 4.13. The van der Waals surface area contributed by atoms with Gasteiger partial charge in [0.25, 0.3) is 0 Å². The van der Waals surface area contributed by atoms with Gasteiger partial charge in [-0.05, 0) is 21.0 Å². The Balaban J connectivity index is 0. The van der Waals surface area contributed by atoms with Crippen LogP contribution in [0.1, 0.15) is 6.92 Å². The van der Waals surface area contributed by atoms with Gasteiger partial charge in [0.2, 0.25) is 0 Å². The van der Waals surface area contributed by atoms with E-state index in [1.54, 1.807) is 6.92 Å². The third-order valence-corrected chi connectivity index (χ3v) is 0.898. The third-order valence-electron chi connectivity index (χ3n) is 0.898. The fraction of sp³-hybridized carbons (Fsp3) is 1.00. The fourth-order valence-corrected chi connectivity index (χ4v) is 0.406. The first-order valence-corrected chi connectivity index (χ1v) is 3.07. The summed E-state index contributed by atoms with van der Waals surface area (Å²) in [5.74, 6) is 0. The van der Waals surface area contributed by atoms with Crippen molar-refractivity contribution in [2.75, 3.05) is 27.2 Å². The SMILES string of the molecule is CC(O)OCCN(C)C.Cl. The molecule has 0 amide bonds. The monoisotopic (exact) mass is 169 g/mol. The maximum absolute atomic E-state index is 8.62. The molecule has 0 saturated heterocycles. The lowest BCUT2D eigenvalue weighted by atomic mass is 10.6. The molecule has 3 nitrogen and oxygen atoms in total. The minimum absolute atomic E-state index is 0. The highest BCUT2D eigenvalue weighted by Crippen LogP contribution is 1.83. The summed E-state index contributed by atoms with van der Waals surface area (Å²) in [6, 6.07) is 0. The molecule has 1 N–H and O–H groups in total. The van der Waals surface area contributed by atoms with Gasteiger partial charge in [-0.15, -0.1) is 12.4 Å². The van der Waals surface area contributed by atoms with Gasteiger partial charge in [-0.1, -0.05) is 0 Å². The van der Waals surface area contributed by atoms with Crippen molar-refractivity contribution < 1.29 is 9.84 Å². The summed E-state index contributed by atoms with van der Waals surface area (Å²) in [6.07, 6.45) is -0.634. The maximum atomic E-state index is 8.62. The van der Waals surface area contributed by atoms with E-state index in [2.05, 4.69) is 0 Å². The predicted molar refractivity (Wildman–Crippen MR) is 43.4 cm³/mol. The number of aliphatic hydroxyl groups is 1. The van der Waals surface area contributed by atoms with Crippen molar-refractivity contribution in [3.63, 3.8) is 0 Å². The highest BCUT2D eigenvalue weighted by Gasteiger charge is 1.93. The van der Waals surface area contributed by atoms with Gasteiger partial charge < -0.3 is 14.7 Å². The Labute approximate surface area is 68.4 Å². The number of rotatable bonds is 4. The summed E-state index contributed by atoms with van der Waals surface area (Å²) in [7, 11) is 3.93. The van der Waals surface area contributed by atoms with Crippen molar-refractivity contribution in [1.82, 2.24) is 4.90 Å². The number of halogens is 1. The highest BCUT2D eigenvalue weighted by atomic mass is 35.5. The van der Waals surface area contributed by atoms with Crippen molar-refractivity contribution in [3.8, 4) is 0 Å². The summed E-state index contributed by atoms with van der Waals surface area (Å²) in [5, 5.41) is 8.62. The van der Waals surface area contributed by atoms with Crippen LogP contribution in [-0.4, -0.2) is 43.5 Å². The summed E-state index contributed by atoms with van der Waals surface area (Å²) in [5.41, 5.74) is 0. The van der Waals surface area contributed by atoms with Crippen LogP contribution in [0.4, 0.5) is 0 Å². The quantitative estimate of drug-likeness (QED) is 0.616. The Morgan fingerprint density at radius 1 is 1.50 bits per heavy atom. The van der Waals surface area contributed by atoms with Crippen LogP contribution in [0.15, 0.2) is 0 Å². The summed E-state index contributed by atoms with van der Waals surface area (Å²) < 4.78 is 4.87. The molecule has 0 spiro atoms. The van der Waals surface area contributed by atoms with E-state index in [4.69, 9.17) is 9.84 Å². The minimum atomic E-state index is -0.634. The van der Waals surface area contributed by atoms with Crippen LogP contribution in [0.3, 0.4) is 0 Å². The van der Waals surface area contributed by atoms with Gasteiger partial charge >= 0.3 is 0 Å². The molecule has 0 rings (SSSR count). The Bertz CT molecular complexity index is 60.8. The molecule has 0 fully saturated rings. The average Bonchev–Trinajstić information content (AvgIpc) is 1.63. The number of hydrogen-bond donors (Lipinski definition) is 1. The maximum Gasteiger partial charge on any atom is 0.151 e. The molecule has 64 valence electrons. The largest absolute Gasteiger partial charge is 0.368 e. The summed E-state index contributed by atoms with van der Waals surface area (Å²) in [4.78, 5) is 2.00. The second kappa shape index (κ2) is 7.28. The molecule has 0 radical (unpaired) electrons. The van der Waals surface area contributed by atoms with E-state index in [9.17, 15) is 0 Å². The zero-order chi connectivity index (χ0) is 7.28. The number of likely N-dealkylation sites (N-methyl/N-ethyl adjacent to an activating group) is 1. The second-order valence-electron chi connectivity index (χ2n) is 2.27. The molecule has 0 aliphatic heterocycles. The van der Waals surface area contributed by atoms with Crippen LogP contribution in [0.25, 0.3) is 0 Å². The first kappa shape index (κ1) is 12.8. The topological polar surface area (TPSA) is 32.7 Å². The van der Waals surface area contributed by atoms with E-state index in [1.807, 2.05) is 19.0 Å². The number of aliphatic hydroxyl groups excluding tert-OH is 1. The van der Waals surface area contributed by atoms with E-state index in [-0.39, 0.29) is 12.4 Å². The average molecular weight is 170 g/mol. The molecule has 0 aliphatic carbocycles. The van der Waals surface area contributed by atoms with Crippen LogP contribution in [-0.2, 0) is 4.74 Å². The Hall–Kier alpha value is 0.170. The van der Waals surface area contributed by atoms with Gasteiger partial charge in [-0.2, -0.15) is 0 Å². The van der Waals surface area contributed by atoms with E-state index < -0.39 is 6.29 Å². The lowest BCUT2D eigenvalue weighted by Gasteiger charge is -2.10. The second-order valence-corrected chi connectivity index (χ2v) is 2.27. The number of nitrogens with zero attached hydrogens (tertiary/aromatic N) is 1. The minimum Gasteiger partial charge on any atom is -0.368 e. The fourth-order valence-electron chi connectivity index (χ4n) is 0.406. The van der Waals surface area contributed by atoms with E-state index in [0.717, 1.165) is 6.54 Å². The highest BCUT2D eigenvalue weighted by molar-refractivity contribution is 5.85. The zero-order valence-electron chi connectivity index (χ0n) is 6.70. The van der Waals surface area contributed by atoms with Crippen molar-refractivity contribution in [2.24, 2.45) is 0 Å². The van der Waals surface area contributed by atoms with Gasteiger partial charge in [0, 0.05) is 6.54 Å². The van der Waals surface area contributed by atoms with Crippen LogP contribution in [0.2, 0.25) is 0 Å². The lowest BCUT2D eigenvalue weighted by Crippen LogP contribution is -2.20. The summed E-state index contributed by atoms with van der Waals surface area (Å²) >= 11 is 0. The molecule has 0 aromatic carbocycles. The zero-order valence-corrected chi connectivity index (χ0v) is 7.52. The lowest BCUT2D eigenvalue weighted by molar-refractivity contribution is -0.0874.